The third-order valence-corrected chi connectivity index (χ3v) is 3.04. The standard InChI is InChI=1S/C16H12F3N2O.ClH/c17-16(18,19)22-14-9-7-13(8-10-14)20-21-11-3-5-12-4-1-2-6-15(12)21;/h1-11,20H;1H/q+1;/p-1. The molecule has 0 bridgehead atoms. The summed E-state index contributed by atoms with van der Waals surface area (Å²) in [5, 5.41) is 1.05. The average Bonchev–Trinajstić information content (AvgIpc) is 2.48. The Labute approximate surface area is 136 Å². The molecule has 23 heavy (non-hydrogen) atoms. The Hall–Kier alpha value is -2.47. The number of hydrogen-bond donors (Lipinski definition) is 1. The van der Waals surface area contributed by atoms with Gasteiger partial charge in [0.1, 0.15) is 5.75 Å². The van der Waals surface area contributed by atoms with Gasteiger partial charge in [0.05, 0.1) is 5.69 Å². The lowest BCUT2D eigenvalue weighted by atomic mass is 10.2. The zero-order chi connectivity index (χ0) is 15.6. The maximum absolute atomic E-state index is 12.1. The SMILES string of the molecule is FC(F)(F)Oc1ccc(N[n+]2cccc3ccccc32)cc1.[Cl-]. The minimum Gasteiger partial charge on any atom is -1.00 e. The van der Waals surface area contributed by atoms with Crippen molar-refractivity contribution in [2.75, 3.05) is 5.43 Å². The van der Waals surface area contributed by atoms with E-state index < -0.39 is 6.36 Å². The summed E-state index contributed by atoms with van der Waals surface area (Å²) in [4.78, 5) is 0. The highest BCUT2D eigenvalue weighted by Gasteiger charge is 2.30. The first-order valence-electron chi connectivity index (χ1n) is 6.53. The van der Waals surface area contributed by atoms with Crippen molar-refractivity contribution in [3.05, 3.63) is 66.9 Å². The van der Waals surface area contributed by atoms with Gasteiger partial charge in [0.2, 0.25) is 11.7 Å². The molecule has 0 aliphatic heterocycles. The Morgan fingerprint density at radius 3 is 2.22 bits per heavy atom. The topological polar surface area (TPSA) is 25.1 Å². The van der Waals surface area contributed by atoms with E-state index in [1.165, 1.54) is 24.3 Å². The number of halogens is 4. The number of aromatic nitrogens is 1. The summed E-state index contributed by atoms with van der Waals surface area (Å²) in [7, 11) is 0. The van der Waals surface area contributed by atoms with Crippen molar-refractivity contribution < 1.29 is 35.0 Å². The quantitative estimate of drug-likeness (QED) is 0.717. The summed E-state index contributed by atoms with van der Waals surface area (Å²) in [6.07, 6.45) is -2.85. The average molecular weight is 341 g/mol. The van der Waals surface area contributed by atoms with Crippen LogP contribution in [0.4, 0.5) is 18.9 Å². The molecule has 0 atom stereocenters. The van der Waals surface area contributed by atoms with E-state index in [4.69, 9.17) is 0 Å². The molecule has 1 aromatic heterocycles. The maximum Gasteiger partial charge on any atom is 0.573 e. The minimum atomic E-state index is -4.68. The lowest BCUT2D eigenvalue weighted by molar-refractivity contribution is -0.615. The smallest absolute Gasteiger partial charge is 0.573 e. The Kier molecular flexibility index (Phi) is 4.95. The van der Waals surface area contributed by atoms with Crippen LogP contribution < -0.4 is 27.2 Å². The Balaban J connectivity index is 0.00000192. The Morgan fingerprint density at radius 2 is 1.52 bits per heavy atom. The molecule has 2 aromatic carbocycles. The van der Waals surface area contributed by atoms with E-state index in [0.717, 1.165) is 10.9 Å². The molecule has 0 spiro atoms. The number of hydrogen-bond acceptors (Lipinski definition) is 2. The molecule has 120 valence electrons. The van der Waals surface area contributed by atoms with Crippen molar-refractivity contribution in [2.24, 2.45) is 0 Å². The first-order chi connectivity index (χ1) is 10.5. The van der Waals surface area contributed by atoms with Crippen LogP contribution in [0.3, 0.4) is 0 Å². The van der Waals surface area contributed by atoms with Crippen LogP contribution >= 0.6 is 0 Å². The van der Waals surface area contributed by atoms with Gasteiger partial charge in [0.15, 0.2) is 0 Å². The van der Waals surface area contributed by atoms with Gasteiger partial charge in [0, 0.05) is 17.5 Å². The van der Waals surface area contributed by atoms with Crippen LogP contribution in [0.25, 0.3) is 10.9 Å². The first kappa shape index (κ1) is 16.9. The van der Waals surface area contributed by atoms with Gasteiger partial charge >= 0.3 is 6.36 Å². The van der Waals surface area contributed by atoms with Crippen LogP contribution in [0.15, 0.2) is 66.9 Å². The number of fused-ring (bicyclic) bond motifs is 1. The van der Waals surface area contributed by atoms with Gasteiger partial charge in [0.25, 0.3) is 0 Å². The molecule has 7 heteroatoms. The Bertz CT molecular complexity index is 786. The van der Waals surface area contributed by atoms with Crippen molar-refractivity contribution in [1.29, 1.82) is 0 Å². The molecule has 0 unspecified atom stereocenters. The maximum atomic E-state index is 12.1. The van der Waals surface area contributed by atoms with E-state index in [-0.39, 0.29) is 18.2 Å². The van der Waals surface area contributed by atoms with Crippen LogP contribution in [0, 0.1) is 0 Å². The second-order valence-corrected chi connectivity index (χ2v) is 4.62. The number of anilines is 1. The van der Waals surface area contributed by atoms with Crippen LogP contribution in [0.2, 0.25) is 0 Å². The highest BCUT2D eigenvalue weighted by Crippen LogP contribution is 2.23. The summed E-state index contributed by atoms with van der Waals surface area (Å²) in [5.41, 5.74) is 4.72. The number of ether oxygens (including phenoxy) is 1. The summed E-state index contributed by atoms with van der Waals surface area (Å²) < 4.78 is 42.0. The van der Waals surface area contributed by atoms with E-state index in [1.807, 2.05) is 42.6 Å². The van der Waals surface area contributed by atoms with Crippen molar-refractivity contribution in [3.63, 3.8) is 0 Å². The molecule has 0 amide bonds. The zero-order valence-corrected chi connectivity index (χ0v) is 12.5. The molecule has 3 nitrogen and oxygen atoms in total. The van der Waals surface area contributed by atoms with E-state index in [0.29, 0.717) is 5.69 Å². The predicted molar refractivity (Wildman–Crippen MR) is 76.3 cm³/mol. The van der Waals surface area contributed by atoms with E-state index in [9.17, 15) is 13.2 Å². The number of pyridine rings is 1. The predicted octanol–water partition coefficient (Wildman–Crippen LogP) is 0.905. The fourth-order valence-corrected chi connectivity index (χ4v) is 2.13. The highest BCUT2D eigenvalue weighted by atomic mass is 35.5. The van der Waals surface area contributed by atoms with E-state index >= 15 is 0 Å². The number of para-hydroxylation sites is 1. The Morgan fingerprint density at radius 1 is 0.870 bits per heavy atom. The molecule has 1 N–H and O–H groups in total. The monoisotopic (exact) mass is 340 g/mol. The van der Waals surface area contributed by atoms with E-state index in [2.05, 4.69) is 10.2 Å². The van der Waals surface area contributed by atoms with Crippen molar-refractivity contribution >= 4 is 16.6 Å². The first-order valence-corrected chi connectivity index (χ1v) is 6.53. The molecule has 0 aliphatic rings. The number of alkyl halides is 3. The molecule has 0 saturated heterocycles. The van der Waals surface area contributed by atoms with Crippen LogP contribution in [-0.4, -0.2) is 6.36 Å². The fraction of sp³-hybridized carbons (Fsp3) is 0.0625. The van der Waals surface area contributed by atoms with Gasteiger partial charge < -0.3 is 17.1 Å². The van der Waals surface area contributed by atoms with Gasteiger partial charge in [-0.05, 0) is 36.4 Å². The lowest BCUT2D eigenvalue weighted by Crippen LogP contribution is -3.00. The van der Waals surface area contributed by atoms with Crippen LogP contribution in [0.1, 0.15) is 0 Å². The van der Waals surface area contributed by atoms with Gasteiger partial charge in [-0.1, -0.05) is 16.8 Å². The van der Waals surface area contributed by atoms with Crippen molar-refractivity contribution in [3.8, 4) is 5.75 Å². The molecule has 0 saturated carbocycles. The van der Waals surface area contributed by atoms with Crippen molar-refractivity contribution in [2.45, 2.75) is 6.36 Å². The molecule has 0 aliphatic carbocycles. The molecule has 0 radical (unpaired) electrons. The molecular formula is C16H12ClF3N2O. The van der Waals surface area contributed by atoms with E-state index in [1.54, 1.807) is 4.68 Å². The summed E-state index contributed by atoms with van der Waals surface area (Å²) >= 11 is 0. The van der Waals surface area contributed by atoms with Gasteiger partial charge in [-0.3, -0.25) is 0 Å². The zero-order valence-electron chi connectivity index (χ0n) is 11.7. The van der Waals surface area contributed by atoms with Gasteiger partial charge in [-0.15, -0.1) is 13.2 Å². The molecule has 1 heterocycles. The molecule has 3 aromatic rings. The summed E-state index contributed by atoms with van der Waals surface area (Å²) in [6.45, 7) is 0. The third kappa shape index (κ3) is 4.26. The third-order valence-electron chi connectivity index (χ3n) is 3.04. The molecule has 3 rings (SSSR count). The largest absolute Gasteiger partial charge is 1.00 e. The number of nitrogens with one attached hydrogen (secondary N) is 1. The highest BCUT2D eigenvalue weighted by molar-refractivity contribution is 5.75. The second kappa shape index (κ2) is 6.75. The summed E-state index contributed by atoms with van der Waals surface area (Å²) in [6, 6.07) is 17.2. The van der Waals surface area contributed by atoms with Crippen molar-refractivity contribution in [1.82, 2.24) is 0 Å². The number of rotatable bonds is 3. The lowest BCUT2D eigenvalue weighted by Gasteiger charge is -2.09. The minimum absolute atomic E-state index is 0. The summed E-state index contributed by atoms with van der Waals surface area (Å²) in [5.74, 6) is -0.249. The van der Waals surface area contributed by atoms with Gasteiger partial charge in [-0.25, -0.2) is 0 Å². The van der Waals surface area contributed by atoms with Gasteiger partial charge in [-0.2, -0.15) is 5.43 Å². The molecule has 0 fully saturated rings. The molecular weight excluding hydrogens is 329 g/mol. The fourth-order valence-electron chi connectivity index (χ4n) is 2.13. The number of nitrogens with zero attached hydrogens (tertiary/aromatic N) is 1. The van der Waals surface area contributed by atoms with Crippen LogP contribution in [0.5, 0.6) is 5.75 Å². The normalized spacial score (nSPS) is 10.9. The van der Waals surface area contributed by atoms with Crippen LogP contribution in [-0.2, 0) is 0 Å². The number of benzene rings is 2. The second-order valence-electron chi connectivity index (χ2n) is 4.62.